The van der Waals surface area contributed by atoms with Crippen molar-refractivity contribution in [1.82, 2.24) is 24.5 Å². The molecule has 0 bridgehead atoms. The van der Waals surface area contributed by atoms with Gasteiger partial charge in [0.05, 0.1) is 28.0 Å². The fourth-order valence-electron chi connectivity index (χ4n) is 10.1. The van der Waals surface area contributed by atoms with Gasteiger partial charge in [-0.2, -0.15) is 5.26 Å². The molecule has 6 aromatic carbocycles. The molecular formula is C64H60GeIrN6O-2. The number of hydrogen-bond donors (Lipinski definition) is 0. The number of pyridine rings is 3. The molecular weight excluding hydrogens is 1130 g/mol. The van der Waals surface area contributed by atoms with Gasteiger partial charge in [-0.05, 0) is 106 Å². The van der Waals surface area contributed by atoms with Crippen LogP contribution in [0.1, 0.15) is 88.4 Å². The zero-order valence-electron chi connectivity index (χ0n) is 43.6. The Morgan fingerprint density at radius 3 is 2.10 bits per heavy atom. The molecule has 1 radical (unpaired) electrons. The van der Waals surface area contributed by atoms with Crippen LogP contribution in [0.25, 0.3) is 94.2 Å². The number of nitriles is 1. The van der Waals surface area contributed by atoms with Crippen LogP contribution in [-0.4, -0.2) is 37.8 Å². The van der Waals surface area contributed by atoms with E-state index in [1.807, 2.05) is 43.3 Å². The quantitative estimate of drug-likeness (QED) is 0.111. The van der Waals surface area contributed by atoms with E-state index in [4.69, 9.17) is 19.4 Å². The van der Waals surface area contributed by atoms with Gasteiger partial charge in [0.25, 0.3) is 0 Å². The van der Waals surface area contributed by atoms with Crippen molar-refractivity contribution >= 4 is 72.4 Å². The molecule has 0 N–H and O–H groups in total. The maximum atomic E-state index is 9.55. The van der Waals surface area contributed by atoms with Gasteiger partial charge in [0, 0.05) is 42.3 Å². The van der Waals surface area contributed by atoms with Crippen molar-refractivity contribution in [2.45, 2.75) is 90.9 Å². The van der Waals surface area contributed by atoms with E-state index in [0.717, 1.165) is 73.2 Å². The van der Waals surface area contributed by atoms with Gasteiger partial charge in [-0.3, -0.25) is 9.97 Å². The summed E-state index contributed by atoms with van der Waals surface area (Å²) in [5.74, 6) is 8.44. The molecule has 5 aromatic heterocycles. The Hall–Kier alpha value is -6.76. The van der Waals surface area contributed by atoms with E-state index in [0.29, 0.717) is 22.4 Å². The summed E-state index contributed by atoms with van der Waals surface area (Å²) < 4.78 is 10.3. The SMILES string of the molecule is CC(C)(C)Cc1cc(-c2[c-]cccc2)nc[c]1[Ge]([CH3])([CH3])[CH3].Cc1ccc2c(ccc3nc(-c4[c-]ccc5c4oc4nc(C#N)ccc45)n(-c4c(C(C)C)cc(-c5ccc6ccccc6c5)cc4C(C)C)c32)n1.[Ir]. The van der Waals surface area contributed by atoms with Gasteiger partial charge >= 0.3 is 132 Å². The number of fused-ring (bicyclic) bond motifs is 7. The standard InChI is InChI=1S/C45H34N5O.C19H26GeN.Ir/c1-25(2)37-22-31(30-15-14-28-9-6-7-10-29(28)21-30)23-38(26(3)4)41(37)50-42-35-17-13-27(5)47-39(35)19-20-40(42)49-44(50)36-12-8-11-33-34-18-16-32(24-46)48-45(34)51-43(33)36;1-19(2,3)13-16-12-18(15-10-8-7-9-11-15)21-14-17(16)20(4,5)6;/h6-11,13-23,25-26H,1-5H3;7-10,12,14H,13H2,1-6H3;/q2*-1;. The Morgan fingerprint density at radius 1 is 0.699 bits per heavy atom. The molecule has 0 unspecified atom stereocenters. The molecule has 0 aliphatic carbocycles. The number of imidazole rings is 1. The van der Waals surface area contributed by atoms with Crippen LogP contribution in [0, 0.1) is 35.8 Å². The zero-order chi connectivity index (χ0) is 50.6. The smallest absolute Gasteiger partial charge is 0.217 e. The first-order chi connectivity index (χ1) is 34.4. The second kappa shape index (κ2) is 20.3. The van der Waals surface area contributed by atoms with Crippen LogP contribution < -0.4 is 4.40 Å². The molecule has 0 fully saturated rings. The summed E-state index contributed by atoms with van der Waals surface area (Å²) in [7, 11) is 0. The maximum Gasteiger partial charge on any atom is 0.217 e. The molecule has 11 aromatic rings. The average molecular weight is 1190 g/mol. The molecule has 11 rings (SSSR count). The van der Waals surface area contributed by atoms with Gasteiger partial charge in [-0.15, -0.1) is 18.2 Å². The number of benzene rings is 6. The van der Waals surface area contributed by atoms with E-state index in [1.165, 1.54) is 43.0 Å². The number of hydrogen-bond acceptors (Lipinski definition) is 6. The van der Waals surface area contributed by atoms with Crippen LogP contribution in [0.15, 0.2) is 144 Å². The fourth-order valence-corrected chi connectivity index (χ4v) is 13.4. The Balaban J connectivity index is 0.000000251. The first-order valence-electron chi connectivity index (χ1n) is 25.0. The first-order valence-corrected chi connectivity index (χ1v) is 32.4. The minimum atomic E-state index is -1.90. The molecule has 0 spiro atoms. The van der Waals surface area contributed by atoms with Gasteiger partial charge < -0.3 is 8.98 Å². The van der Waals surface area contributed by atoms with Crippen LogP contribution in [0.4, 0.5) is 0 Å². The van der Waals surface area contributed by atoms with E-state index in [2.05, 4.69) is 191 Å². The molecule has 7 nitrogen and oxygen atoms in total. The molecule has 73 heavy (non-hydrogen) atoms. The van der Waals surface area contributed by atoms with E-state index < -0.39 is 13.3 Å². The normalized spacial score (nSPS) is 11.9. The summed E-state index contributed by atoms with van der Waals surface area (Å²) in [6.07, 6.45) is 3.24. The fraction of sp³-hybridized carbons (Fsp3) is 0.234. The monoisotopic (exact) mass is 1200 g/mol. The van der Waals surface area contributed by atoms with Crippen molar-refractivity contribution in [3.63, 3.8) is 0 Å². The van der Waals surface area contributed by atoms with E-state index in [9.17, 15) is 5.26 Å². The molecule has 0 saturated carbocycles. The summed E-state index contributed by atoms with van der Waals surface area (Å²) in [6.45, 7) is 18.0. The van der Waals surface area contributed by atoms with E-state index >= 15 is 0 Å². The third-order valence-electron chi connectivity index (χ3n) is 13.5. The third kappa shape index (κ3) is 10.2. The van der Waals surface area contributed by atoms with Gasteiger partial charge in [0.15, 0.2) is 0 Å². The predicted octanol–water partition coefficient (Wildman–Crippen LogP) is 16.3. The molecule has 367 valence electrons. The second-order valence-corrected chi connectivity index (χ2v) is 32.5. The van der Waals surface area contributed by atoms with E-state index in [-0.39, 0.29) is 31.9 Å². The zero-order valence-corrected chi connectivity index (χ0v) is 48.1. The first kappa shape index (κ1) is 51.2. The van der Waals surface area contributed by atoms with Gasteiger partial charge in [-0.1, -0.05) is 75.0 Å². The summed E-state index contributed by atoms with van der Waals surface area (Å²) in [5.41, 5.74) is 15.7. The molecule has 0 amide bonds. The molecule has 0 aliphatic heterocycles. The Labute approximate surface area is 445 Å². The minimum Gasteiger partial charge on any atom is -0.486 e. The van der Waals surface area contributed by atoms with Gasteiger partial charge in [0.2, 0.25) is 5.71 Å². The van der Waals surface area contributed by atoms with Crippen LogP contribution in [0.3, 0.4) is 0 Å². The third-order valence-corrected chi connectivity index (χ3v) is 17.8. The molecule has 0 aliphatic rings. The topological polar surface area (TPSA) is 93.4 Å². The van der Waals surface area contributed by atoms with Crippen LogP contribution in [-0.2, 0) is 26.5 Å². The van der Waals surface area contributed by atoms with Crippen molar-refractivity contribution < 1.29 is 24.5 Å². The summed E-state index contributed by atoms with van der Waals surface area (Å²) in [4.78, 5) is 19.5. The number of furan rings is 1. The number of rotatable bonds is 8. The van der Waals surface area contributed by atoms with Crippen LogP contribution >= 0.6 is 0 Å². The molecule has 0 atom stereocenters. The summed E-state index contributed by atoms with van der Waals surface area (Å²) >= 11 is -1.90. The number of aryl methyl sites for hydroxylation is 1. The minimum absolute atomic E-state index is 0. The summed E-state index contributed by atoms with van der Waals surface area (Å²) in [5, 5.41) is 14.8. The van der Waals surface area contributed by atoms with Crippen molar-refractivity contribution in [3.05, 3.63) is 180 Å². The summed E-state index contributed by atoms with van der Waals surface area (Å²) in [6, 6.07) is 55.2. The number of aromatic nitrogens is 5. The second-order valence-electron chi connectivity index (χ2n) is 21.9. The van der Waals surface area contributed by atoms with E-state index in [1.54, 1.807) is 6.07 Å². The molecule has 5 heterocycles. The van der Waals surface area contributed by atoms with Gasteiger partial charge in [-0.25, -0.2) is 4.98 Å². The average Bonchev–Trinajstić information content (AvgIpc) is 3.94. The van der Waals surface area contributed by atoms with Crippen LogP contribution in [0.2, 0.25) is 17.3 Å². The number of nitrogens with zero attached hydrogens (tertiary/aromatic N) is 6. The maximum absolute atomic E-state index is 9.55. The largest absolute Gasteiger partial charge is 0.486 e. The van der Waals surface area contributed by atoms with Crippen molar-refractivity contribution in [2.75, 3.05) is 0 Å². The van der Waals surface area contributed by atoms with Crippen LogP contribution in [0.5, 0.6) is 0 Å². The predicted molar refractivity (Wildman–Crippen MR) is 301 cm³/mol. The van der Waals surface area contributed by atoms with Crippen molar-refractivity contribution in [1.29, 1.82) is 5.26 Å². The van der Waals surface area contributed by atoms with Crippen molar-refractivity contribution in [3.8, 4) is 45.5 Å². The van der Waals surface area contributed by atoms with Crippen molar-refractivity contribution in [2.24, 2.45) is 5.41 Å². The Bertz CT molecular complexity index is 3880. The Morgan fingerprint density at radius 2 is 1.41 bits per heavy atom. The van der Waals surface area contributed by atoms with Gasteiger partial charge in [0.1, 0.15) is 11.8 Å². The molecule has 0 saturated heterocycles. The molecule has 9 heteroatoms. The Kier molecular flexibility index (Phi) is 14.2.